The lowest BCUT2D eigenvalue weighted by Crippen LogP contribution is -2.12. The van der Waals surface area contributed by atoms with Gasteiger partial charge in [-0.1, -0.05) is 12.1 Å². The summed E-state index contributed by atoms with van der Waals surface area (Å²) in [6.45, 7) is 0.338. The largest absolute Gasteiger partial charge is 0.493 e. The molecule has 0 saturated heterocycles. The SMILES string of the molecule is COc1ccc(NC(=O)c2cc(-c3cccs3)[nH]n2)cc1OCc1cccnc1. The maximum atomic E-state index is 12.6. The summed E-state index contributed by atoms with van der Waals surface area (Å²) in [6.07, 6.45) is 3.44. The molecule has 0 aliphatic rings. The number of nitrogens with zero attached hydrogens (tertiary/aromatic N) is 2. The van der Waals surface area contributed by atoms with Crippen molar-refractivity contribution in [3.8, 4) is 22.1 Å². The highest BCUT2D eigenvalue weighted by Crippen LogP contribution is 2.31. The van der Waals surface area contributed by atoms with Crippen LogP contribution in [-0.2, 0) is 6.61 Å². The molecule has 0 atom stereocenters. The molecule has 4 rings (SSSR count). The number of rotatable bonds is 7. The summed E-state index contributed by atoms with van der Waals surface area (Å²) in [5.74, 6) is 0.787. The number of carbonyl (C=O) groups excluding carboxylic acids is 1. The van der Waals surface area contributed by atoms with Crippen LogP contribution in [0.3, 0.4) is 0 Å². The number of methoxy groups -OCH3 is 1. The molecule has 7 nitrogen and oxygen atoms in total. The molecule has 3 heterocycles. The highest BCUT2D eigenvalue weighted by Gasteiger charge is 2.14. The molecule has 3 aromatic heterocycles. The van der Waals surface area contributed by atoms with Crippen molar-refractivity contribution in [3.05, 3.63) is 77.6 Å². The van der Waals surface area contributed by atoms with Gasteiger partial charge in [-0.15, -0.1) is 11.3 Å². The van der Waals surface area contributed by atoms with Crippen molar-refractivity contribution in [2.45, 2.75) is 6.61 Å². The lowest BCUT2D eigenvalue weighted by molar-refractivity contribution is 0.102. The number of H-pyrrole nitrogens is 1. The van der Waals surface area contributed by atoms with E-state index < -0.39 is 0 Å². The van der Waals surface area contributed by atoms with Gasteiger partial charge >= 0.3 is 0 Å². The zero-order chi connectivity index (χ0) is 20.1. The van der Waals surface area contributed by atoms with E-state index in [1.165, 1.54) is 0 Å². The summed E-state index contributed by atoms with van der Waals surface area (Å²) in [6, 6.07) is 14.6. The Balaban J connectivity index is 1.47. The highest BCUT2D eigenvalue weighted by molar-refractivity contribution is 7.13. The Morgan fingerprint density at radius 2 is 2.10 bits per heavy atom. The molecule has 0 radical (unpaired) electrons. The Morgan fingerprint density at radius 1 is 1.17 bits per heavy atom. The van der Waals surface area contributed by atoms with Crippen LogP contribution < -0.4 is 14.8 Å². The number of ether oxygens (including phenoxy) is 2. The Bertz CT molecular complexity index is 1090. The third-order valence-electron chi connectivity index (χ3n) is 4.14. The van der Waals surface area contributed by atoms with Crippen molar-refractivity contribution in [1.82, 2.24) is 15.2 Å². The van der Waals surface area contributed by atoms with Crippen molar-refractivity contribution in [2.24, 2.45) is 0 Å². The van der Waals surface area contributed by atoms with E-state index in [0.717, 1.165) is 16.1 Å². The third-order valence-corrected chi connectivity index (χ3v) is 5.04. The van der Waals surface area contributed by atoms with E-state index in [1.807, 2.05) is 29.6 Å². The monoisotopic (exact) mass is 406 g/mol. The number of thiophene rings is 1. The van der Waals surface area contributed by atoms with E-state index in [0.29, 0.717) is 29.5 Å². The van der Waals surface area contributed by atoms with Crippen LogP contribution in [0, 0.1) is 0 Å². The molecule has 4 aromatic rings. The first kappa shape index (κ1) is 18.7. The molecule has 0 aliphatic heterocycles. The fourth-order valence-electron chi connectivity index (χ4n) is 2.70. The zero-order valence-electron chi connectivity index (χ0n) is 15.6. The zero-order valence-corrected chi connectivity index (χ0v) is 16.4. The van der Waals surface area contributed by atoms with Gasteiger partial charge in [-0.2, -0.15) is 5.10 Å². The van der Waals surface area contributed by atoms with Crippen molar-refractivity contribution >= 4 is 22.9 Å². The van der Waals surface area contributed by atoms with Gasteiger partial charge in [0, 0.05) is 29.7 Å². The maximum absolute atomic E-state index is 12.6. The standard InChI is InChI=1S/C21H18N4O3S/c1-27-18-7-6-15(10-19(18)28-13-14-4-2-8-22-12-14)23-21(26)17-11-16(24-25-17)20-5-3-9-29-20/h2-12H,13H2,1H3,(H,23,26)(H,24,25). The third kappa shape index (κ3) is 4.44. The van der Waals surface area contributed by atoms with Crippen LogP contribution in [0.15, 0.2) is 66.3 Å². The summed E-state index contributed by atoms with van der Waals surface area (Å²) in [7, 11) is 1.57. The number of pyridine rings is 1. The van der Waals surface area contributed by atoms with E-state index in [9.17, 15) is 4.79 Å². The quantitative estimate of drug-likeness (QED) is 0.476. The number of carbonyl (C=O) groups is 1. The molecule has 0 bridgehead atoms. The molecular weight excluding hydrogens is 388 g/mol. The normalized spacial score (nSPS) is 10.5. The van der Waals surface area contributed by atoms with Crippen molar-refractivity contribution in [2.75, 3.05) is 12.4 Å². The number of amides is 1. The average molecular weight is 406 g/mol. The van der Waals surface area contributed by atoms with Crippen LogP contribution in [0.1, 0.15) is 16.1 Å². The van der Waals surface area contributed by atoms with E-state index >= 15 is 0 Å². The summed E-state index contributed by atoms with van der Waals surface area (Å²) in [4.78, 5) is 17.7. The minimum absolute atomic E-state index is 0.307. The second-order valence-corrected chi connectivity index (χ2v) is 7.06. The van der Waals surface area contributed by atoms with Crippen LogP contribution in [0.2, 0.25) is 0 Å². The second kappa shape index (κ2) is 8.57. The van der Waals surface area contributed by atoms with Gasteiger partial charge in [-0.05, 0) is 35.7 Å². The number of hydrogen-bond donors (Lipinski definition) is 2. The predicted octanol–water partition coefficient (Wildman–Crippen LogP) is 4.37. The van der Waals surface area contributed by atoms with Crippen molar-refractivity contribution in [1.29, 1.82) is 0 Å². The van der Waals surface area contributed by atoms with Crippen LogP contribution in [0.4, 0.5) is 5.69 Å². The number of aromatic nitrogens is 3. The highest BCUT2D eigenvalue weighted by atomic mass is 32.1. The Kier molecular flexibility index (Phi) is 5.53. The summed E-state index contributed by atoms with van der Waals surface area (Å²) in [5, 5.41) is 11.8. The molecule has 0 fully saturated rings. The Hall–Kier alpha value is -3.65. The summed E-state index contributed by atoms with van der Waals surface area (Å²) >= 11 is 1.58. The van der Waals surface area contributed by atoms with E-state index in [4.69, 9.17) is 9.47 Å². The molecule has 146 valence electrons. The predicted molar refractivity (Wildman–Crippen MR) is 111 cm³/mol. The molecule has 0 spiro atoms. The first-order valence-electron chi connectivity index (χ1n) is 8.83. The molecule has 0 unspecified atom stereocenters. The van der Waals surface area contributed by atoms with Gasteiger partial charge in [-0.25, -0.2) is 0 Å². The van der Waals surface area contributed by atoms with Gasteiger partial charge < -0.3 is 14.8 Å². The van der Waals surface area contributed by atoms with Gasteiger partial charge in [-0.3, -0.25) is 14.9 Å². The minimum Gasteiger partial charge on any atom is -0.493 e. The molecule has 1 amide bonds. The fourth-order valence-corrected chi connectivity index (χ4v) is 3.40. The smallest absolute Gasteiger partial charge is 0.276 e. The first-order chi connectivity index (χ1) is 14.2. The van der Waals surface area contributed by atoms with Gasteiger partial charge in [0.1, 0.15) is 6.61 Å². The van der Waals surface area contributed by atoms with Gasteiger partial charge in [0.2, 0.25) is 0 Å². The molecule has 0 saturated carbocycles. The van der Waals surface area contributed by atoms with Gasteiger partial charge in [0.05, 0.1) is 17.7 Å². The molecule has 29 heavy (non-hydrogen) atoms. The molecule has 0 aliphatic carbocycles. The second-order valence-electron chi connectivity index (χ2n) is 6.11. The number of aromatic amines is 1. The first-order valence-corrected chi connectivity index (χ1v) is 9.71. The van der Waals surface area contributed by atoms with Gasteiger partial charge in [0.25, 0.3) is 5.91 Å². The topological polar surface area (TPSA) is 89.1 Å². The lowest BCUT2D eigenvalue weighted by atomic mass is 10.2. The Morgan fingerprint density at radius 3 is 2.86 bits per heavy atom. The molecular formula is C21H18N4O3S. The number of anilines is 1. The van der Waals surface area contributed by atoms with Crippen LogP contribution >= 0.6 is 11.3 Å². The van der Waals surface area contributed by atoms with E-state index in [1.54, 1.807) is 55.1 Å². The Labute approximate surface area is 171 Å². The maximum Gasteiger partial charge on any atom is 0.276 e. The molecule has 8 heteroatoms. The van der Waals surface area contributed by atoms with Gasteiger partial charge in [0.15, 0.2) is 17.2 Å². The molecule has 1 aromatic carbocycles. The van der Waals surface area contributed by atoms with Crippen LogP contribution in [0.5, 0.6) is 11.5 Å². The average Bonchev–Trinajstić information content (AvgIpc) is 3.45. The summed E-state index contributed by atoms with van der Waals surface area (Å²) in [5.41, 5.74) is 2.63. The summed E-state index contributed by atoms with van der Waals surface area (Å²) < 4.78 is 11.2. The number of nitrogens with one attached hydrogen (secondary N) is 2. The minimum atomic E-state index is -0.313. The van der Waals surface area contributed by atoms with E-state index in [2.05, 4.69) is 20.5 Å². The number of benzene rings is 1. The van der Waals surface area contributed by atoms with Crippen molar-refractivity contribution < 1.29 is 14.3 Å². The number of hydrogen-bond acceptors (Lipinski definition) is 6. The van der Waals surface area contributed by atoms with E-state index in [-0.39, 0.29) is 5.91 Å². The van der Waals surface area contributed by atoms with Crippen LogP contribution in [0.25, 0.3) is 10.6 Å². The lowest BCUT2D eigenvalue weighted by Gasteiger charge is -2.12. The fraction of sp³-hybridized carbons (Fsp3) is 0.0952. The van der Waals surface area contributed by atoms with Crippen molar-refractivity contribution in [3.63, 3.8) is 0 Å². The molecule has 2 N–H and O–H groups in total. The van der Waals surface area contributed by atoms with Crippen LogP contribution in [-0.4, -0.2) is 28.2 Å².